The van der Waals surface area contributed by atoms with Crippen LogP contribution >= 0.6 is 0 Å². The third-order valence-electron chi connectivity index (χ3n) is 4.58. The number of nitrogens with zero attached hydrogens (tertiary/aromatic N) is 1. The van der Waals surface area contributed by atoms with Crippen molar-refractivity contribution < 1.29 is 9.47 Å². The highest BCUT2D eigenvalue weighted by Gasteiger charge is 2.27. The molecule has 1 heterocycles. The Labute approximate surface area is 124 Å². The van der Waals surface area contributed by atoms with Crippen molar-refractivity contribution in [2.24, 2.45) is 0 Å². The average molecular weight is 284 g/mol. The molecule has 0 atom stereocenters. The quantitative estimate of drug-likeness (QED) is 0.759. The van der Waals surface area contributed by atoms with Crippen LogP contribution in [0.15, 0.2) is 0 Å². The maximum atomic E-state index is 5.66. The van der Waals surface area contributed by atoms with E-state index in [-0.39, 0.29) is 0 Å². The van der Waals surface area contributed by atoms with E-state index in [4.69, 9.17) is 9.47 Å². The van der Waals surface area contributed by atoms with Crippen LogP contribution in [-0.2, 0) is 9.47 Å². The summed E-state index contributed by atoms with van der Waals surface area (Å²) in [6.07, 6.45) is 8.25. The third-order valence-corrected chi connectivity index (χ3v) is 4.58. The summed E-state index contributed by atoms with van der Waals surface area (Å²) < 4.78 is 11.3. The van der Waals surface area contributed by atoms with Crippen molar-refractivity contribution in [3.8, 4) is 0 Å². The average Bonchev–Trinajstić information content (AvgIpc) is 2.46. The molecular formula is C16H32N2O2. The second-order valence-corrected chi connectivity index (χ2v) is 6.80. The van der Waals surface area contributed by atoms with E-state index < -0.39 is 5.79 Å². The van der Waals surface area contributed by atoms with Gasteiger partial charge in [-0.25, -0.2) is 0 Å². The van der Waals surface area contributed by atoms with Crippen molar-refractivity contribution in [1.29, 1.82) is 0 Å². The molecular weight excluding hydrogens is 252 g/mol. The lowest BCUT2D eigenvalue weighted by molar-refractivity contribution is -0.252. The van der Waals surface area contributed by atoms with E-state index in [0.29, 0.717) is 6.04 Å². The first-order valence-electron chi connectivity index (χ1n) is 8.28. The number of nitrogens with one attached hydrogen (secondary N) is 1. The molecule has 2 aliphatic rings. The Morgan fingerprint density at radius 2 is 1.75 bits per heavy atom. The Morgan fingerprint density at radius 3 is 2.40 bits per heavy atom. The van der Waals surface area contributed by atoms with Crippen molar-refractivity contribution in [2.75, 3.05) is 33.4 Å². The van der Waals surface area contributed by atoms with Crippen LogP contribution in [0.5, 0.6) is 0 Å². The predicted octanol–water partition coefficient (Wildman–Crippen LogP) is 2.38. The van der Waals surface area contributed by atoms with Gasteiger partial charge in [0, 0.05) is 6.04 Å². The van der Waals surface area contributed by atoms with Gasteiger partial charge in [0.1, 0.15) is 0 Å². The van der Waals surface area contributed by atoms with E-state index in [9.17, 15) is 0 Å². The minimum atomic E-state index is -0.403. The molecule has 0 spiro atoms. The van der Waals surface area contributed by atoms with Crippen molar-refractivity contribution in [3.63, 3.8) is 0 Å². The normalized spacial score (nSPS) is 25.2. The van der Waals surface area contributed by atoms with Gasteiger partial charge < -0.3 is 19.7 Å². The summed E-state index contributed by atoms with van der Waals surface area (Å²) in [7, 11) is 2.28. The molecule has 0 unspecified atom stereocenters. The standard InChI is InChI=1S/C16H32N2O2/c1-16(2)19-12-14(13-20-16)17-10-7-11-18(3)15-8-5-4-6-9-15/h14-15,17H,4-13H2,1-3H3. The Bertz CT molecular complexity index is 268. The third kappa shape index (κ3) is 5.32. The summed E-state index contributed by atoms with van der Waals surface area (Å²) >= 11 is 0. The molecule has 0 amide bonds. The molecule has 1 saturated carbocycles. The fourth-order valence-corrected chi connectivity index (χ4v) is 3.15. The zero-order chi connectivity index (χ0) is 14.4. The molecule has 1 aliphatic carbocycles. The molecule has 2 rings (SSSR count). The Balaban J connectivity index is 1.53. The van der Waals surface area contributed by atoms with E-state index in [0.717, 1.165) is 25.8 Å². The number of hydrogen-bond donors (Lipinski definition) is 1. The van der Waals surface area contributed by atoms with Crippen molar-refractivity contribution in [3.05, 3.63) is 0 Å². The van der Waals surface area contributed by atoms with Crippen LogP contribution in [0, 0.1) is 0 Å². The molecule has 1 saturated heterocycles. The van der Waals surface area contributed by atoms with Crippen LogP contribution in [0.1, 0.15) is 52.4 Å². The van der Waals surface area contributed by atoms with Crippen LogP contribution in [0.2, 0.25) is 0 Å². The van der Waals surface area contributed by atoms with Crippen LogP contribution in [0.25, 0.3) is 0 Å². The molecule has 0 aromatic carbocycles. The lowest BCUT2D eigenvalue weighted by atomic mass is 9.94. The van der Waals surface area contributed by atoms with E-state index in [1.54, 1.807) is 0 Å². The second-order valence-electron chi connectivity index (χ2n) is 6.80. The molecule has 4 nitrogen and oxygen atoms in total. The minimum absolute atomic E-state index is 0.350. The van der Waals surface area contributed by atoms with Crippen LogP contribution in [0.3, 0.4) is 0 Å². The highest BCUT2D eigenvalue weighted by atomic mass is 16.7. The van der Waals surface area contributed by atoms with E-state index >= 15 is 0 Å². The van der Waals surface area contributed by atoms with Gasteiger partial charge in [-0.15, -0.1) is 0 Å². The summed E-state index contributed by atoms with van der Waals surface area (Å²) in [6, 6.07) is 1.17. The smallest absolute Gasteiger partial charge is 0.162 e. The summed E-state index contributed by atoms with van der Waals surface area (Å²) in [5, 5.41) is 3.54. The van der Waals surface area contributed by atoms with Gasteiger partial charge in [-0.3, -0.25) is 0 Å². The van der Waals surface area contributed by atoms with E-state index in [2.05, 4.69) is 17.3 Å². The van der Waals surface area contributed by atoms with Crippen LogP contribution in [0.4, 0.5) is 0 Å². The molecule has 2 fully saturated rings. The summed E-state index contributed by atoms with van der Waals surface area (Å²) in [5.74, 6) is -0.403. The van der Waals surface area contributed by atoms with Crippen molar-refractivity contribution >= 4 is 0 Å². The summed E-state index contributed by atoms with van der Waals surface area (Å²) in [4.78, 5) is 2.55. The number of ether oxygens (including phenoxy) is 2. The largest absolute Gasteiger partial charge is 0.349 e. The molecule has 118 valence electrons. The van der Waals surface area contributed by atoms with Gasteiger partial charge in [-0.2, -0.15) is 0 Å². The van der Waals surface area contributed by atoms with Gasteiger partial charge in [-0.05, 0) is 53.2 Å². The highest BCUT2D eigenvalue weighted by molar-refractivity contribution is 4.75. The van der Waals surface area contributed by atoms with Crippen LogP contribution in [-0.4, -0.2) is 56.1 Å². The first-order valence-corrected chi connectivity index (χ1v) is 8.28. The topological polar surface area (TPSA) is 33.7 Å². The summed E-state index contributed by atoms with van der Waals surface area (Å²) in [6.45, 7) is 7.70. The van der Waals surface area contributed by atoms with Gasteiger partial charge in [0.2, 0.25) is 0 Å². The van der Waals surface area contributed by atoms with Gasteiger partial charge in [0.25, 0.3) is 0 Å². The fraction of sp³-hybridized carbons (Fsp3) is 1.00. The van der Waals surface area contributed by atoms with Gasteiger partial charge in [0.15, 0.2) is 5.79 Å². The molecule has 1 N–H and O–H groups in total. The molecule has 0 bridgehead atoms. The second kappa shape index (κ2) is 7.74. The number of rotatable bonds is 6. The Hall–Kier alpha value is -0.160. The predicted molar refractivity (Wildman–Crippen MR) is 81.9 cm³/mol. The Kier molecular flexibility index (Phi) is 6.27. The maximum Gasteiger partial charge on any atom is 0.162 e. The highest BCUT2D eigenvalue weighted by Crippen LogP contribution is 2.21. The van der Waals surface area contributed by atoms with Gasteiger partial charge in [0.05, 0.1) is 19.3 Å². The zero-order valence-corrected chi connectivity index (χ0v) is 13.5. The lowest BCUT2D eigenvalue weighted by Gasteiger charge is -2.35. The first-order chi connectivity index (χ1) is 9.57. The summed E-state index contributed by atoms with van der Waals surface area (Å²) in [5.41, 5.74) is 0. The SMILES string of the molecule is CN(CCCNC1COC(C)(C)OC1)C1CCCCC1. The van der Waals surface area contributed by atoms with Gasteiger partial charge >= 0.3 is 0 Å². The van der Waals surface area contributed by atoms with Crippen molar-refractivity contribution in [2.45, 2.75) is 70.2 Å². The van der Waals surface area contributed by atoms with Crippen molar-refractivity contribution in [1.82, 2.24) is 10.2 Å². The zero-order valence-electron chi connectivity index (χ0n) is 13.5. The maximum absolute atomic E-state index is 5.66. The monoisotopic (exact) mass is 284 g/mol. The number of hydrogen-bond acceptors (Lipinski definition) is 4. The molecule has 0 aromatic heterocycles. The van der Waals surface area contributed by atoms with Crippen LogP contribution < -0.4 is 5.32 Å². The minimum Gasteiger partial charge on any atom is -0.349 e. The molecule has 4 heteroatoms. The van der Waals surface area contributed by atoms with E-state index in [1.807, 2.05) is 13.8 Å². The first kappa shape index (κ1) is 16.2. The molecule has 1 aliphatic heterocycles. The lowest BCUT2D eigenvalue weighted by Crippen LogP contribution is -2.49. The van der Waals surface area contributed by atoms with E-state index in [1.165, 1.54) is 45.1 Å². The Morgan fingerprint density at radius 1 is 1.10 bits per heavy atom. The molecule has 20 heavy (non-hydrogen) atoms. The fourth-order valence-electron chi connectivity index (χ4n) is 3.15. The van der Waals surface area contributed by atoms with Gasteiger partial charge in [-0.1, -0.05) is 19.3 Å². The molecule has 0 aromatic rings. The molecule has 0 radical (unpaired) electrons.